The van der Waals surface area contributed by atoms with Crippen molar-refractivity contribution in [3.8, 4) is 5.75 Å². The summed E-state index contributed by atoms with van der Waals surface area (Å²) in [7, 11) is 1.46. The van der Waals surface area contributed by atoms with Crippen LogP contribution in [-0.2, 0) is 6.18 Å². The van der Waals surface area contributed by atoms with Gasteiger partial charge in [-0.2, -0.15) is 13.2 Å². The lowest BCUT2D eigenvalue weighted by Gasteiger charge is -2.16. The molecule has 2 nitrogen and oxygen atoms in total. The normalized spacial score (nSPS) is 16.0. The van der Waals surface area contributed by atoms with Gasteiger partial charge in [-0.3, -0.25) is 0 Å². The first kappa shape index (κ1) is 11.1. The molecule has 88 valence electrons. The third-order valence-corrected chi connectivity index (χ3v) is 2.40. The predicted molar refractivity (Wildman–Crippen MR) is 54.6 cm³/mol. The molecular weight excluding hydrogens is 219 g/mol. The van der Waals surface area contributed by atoms with Crippen LogP contribution in [0.25, 0.3) is 0 Å². The van der Waals surface area contributed by atoms with Crippen LogP contribution in [0.2, 0.25) is 0 Å². The Labute approximate surface area is 91.4 Å². The van der Waals surface area contributed by atoms with Crippen LogP contribution >= 0.6 is 0 Å². The van der Waals surface area contributed by atoms with E-state index < -0.39 is 11.7 Å². The van der Waals surface area contributed by atoms with Gasteiger partial charge in [0.25, 0.3) is 0 Å². The van der Waals surface area contributed by atoms with Gasteiger partial charge in [-0.15, -0.1) is 0 Å². The van der Waals surface area contributed by atoms with Gasteiger partial charge in [0.1, 0.15) is 5.75 Å². The fourth-order valence-electron chi connectivity index (χ4n) is 1.49. The van der Waals surface area contributed by atoms with Crippen molar-refractivity contribution in [2.75, 3.05) is 12.4 Å². The molecule has 0 radical (unpaired) electrons. The molecule has 0 atom stereocenters. The van der Waals surface area contributed by atoms with E-state index in [0.717, 1.165) is 18.9 Å². The third kappa shape index (κ3) is 2.23. The lowest BCUT2D eigenvalue weighted by atomic mass is 10.1. The topological polar surface area (TPSA) is 21.3 Å². The summed E-state index contributed by atoms with van der Waals surface area (Å²) in [5.74, 6) is 0.278. The maximum absolute atomic E-state index is 12.7. The molecule has 0 bridgehead atoms. The van der Waals surface area contributed by atoms with E-state index in [2.05, 4.69) is 5.32 Å². The summed E-state index contributed by atoms with van der Waals surface area (Å²) in [5.41, 5.74) is -0.671. The predicted octanol–water partition coefficient (Wildman–Crippen LogP) is 3.29. The van der Waals surface area contributed by atoms with E-state index in [1.165, 1.54) is 13.1 Å². The molecule has 1 aromatic carbocycles. The van der Waals surface area contributed by atoms with Gasteiger partial charge >= 0.3 is 6.18 Å². The second kappa shape index (κ2) is 3.88. The van der Waals surface area contributed by atoms with Crippen molar-refractivity contribution < 1.29 is 17.9 Å². The molecule has 0 aromatic heterocycles. The van der Waals surface area contributed by atoms with Crippen LogP contribution in [0.5, 0.6) is 5.75 Å². The molecule has 1 N–H and O–H groups in total. The Kier molecular flexibility index (Phi) is 2.69. The average molecular weight is 231 g/mol. The zero-order valence-corrected chi connectivity index (χ0v) is 8.77. The number of anilines is 1. The highest BCUT2D eigenvalue weighted by molar-refractivity contribution is 5.63. The molecule has 2 rings (SSSR count). The van der Waals surface area contributed by atoms with Crippen LogP contribution in [0, 0.1) is 0 Å². The summed E-state index contributed by atoms with van der Waals surface area (Å²) in [6.45, 7) is 0. The average Bonchev–Trinajstić information content (AvgIpc) is 3.00. The number of halogens is 3. The standard InChI is InChI=1S/C11H12F3NO/c1-15-10-8(11(12,13)14)3-2-4-9(10)16-7-5-6-7/h2-4,7,15H,5-6H2,1H3. The van der Waals surface area contributed by atoms with Gasteiger partial charge in [0, 0.05) is 7.05 Å². The maximum Gasteiger partial charge on any atom is 0.418 e. The number of rotatable bonds is 3. The number of benzene rings is 1. The summed E-state index contributed by atoms with van der Waals surface area (Å²) in [4.78, 5) is 0. The Balaban J connectivity index is 2.37. The van der Waals surface area contributed by atoms with E-state index in [1.807, 2.05) is 0 Å². The number of ether oxygens (including phenoxy) is 1. The quantitative estimate of drug-likeness (QED) is 0.861. The van der Waals surface area contributed by atoms with E-state index in [0.29, 0.717) is 0 Å². The number of hydrogen-bond acceptors (Lipinski definition) is 2. The van der Waals surface area contributed by atoms with Crippen LogP contribution in [-0.4, -0.2) is 13.2 Å². The lowest BCUT2D eigenvalue weighted by Crippen LogP contribution is -2.10. The highest BCUT2D eigenvalue weighted by Gasteiger charge is 2.35. The molecule has 1 fully saturated rings. The molecule has 1 aliphatic carbocycles. The minimum atomic E-state index is -4.36. The molecule has 0 heterocycles. The smallest absolute Gasteiger partial charge is 0.418 e. The third-order valence-electron chi connectivity index (χ3n) is 2.40. The highest BCUT2D eigenvalue weighted by Crippen LogP contribution is 2.41. The summed E-state index contributed by atoms with van der Waals surface area (Å²) in [6.07, 6.45) is -2.45. The van der Waals surface area contributed by atoms with E-state index in [4.69, 9.17) is 4.74 Å². The number of para-hydroxylation sites is 1. The van der Waals surface area contributed by atoms with Gasteiger partial charge in [-0.05, 0) is 25.0 Å². The van der Waals surface area contributed by atoms with Crippen LogP contribution in [0.4, 0.5) is 18.9 Å². The Morgan fingerprint density at radius 3 is 2.50 bits per heavy atom. The molecule has 0 spiro atoms. The van der Waals surface area contributed by atoms with Crippen LogP contribution in [0.1, 0.15) is 18.4 Å². The number of alkyl halides is 3. The summed E-state index contributed by atoms with van der Waals surface area (Å²) < 4.78 is 43.4. The number of nitrogens with one attached hydrogen (secondary N) is 1. The molecule has 5 heteroatoms. The van der Waals surface area contributed by atoms with Gasteiger partial charge in [0.2, 0.25) is 0 Å². The Morgan fingerprint density at radius 2 is 2.00 bits per heavy atom. The molecule has 1 saturated carbocycles. The molecule has 1 aliphatic rings. The second-order valence-electron chi connectivity index (χ2n) is 3.74. The van der Waals surface area contributed by atoms with Crippen molar-refractivity contribution in [2.24, 2.45) is 0 Å². The molecule has 0 saturated heterocycles. The fraction of sp³-hybridized carbons (Fsp3) is 0.455. The summed E-state index contributed by atoms with van der Waals surface area (Å²) >= 11 is 0. The molecule has 16 heavy (non-hydrogen) atoms. The van der Waals surface area contributed by atoms with Crippen molar-refractivity contribution in [1.29, 1.82) is 0 Å². The van der Waals surface area contributed by atoms with Crippen LogP contribution < -0.4 is 10.1 Å². The number of hydrogen-bond donors (Lipinski definition) is 1. The molecular formula is C11H12F3NO. The fourth-order valence-corrected chi connectivity index (χ4v) is 1.49. The Bertz CT molecular complexity index is 385. The molecule has 0 unspecified atom stereocenters. The van der Waals surface area contributed by atoms with Crippen molar-refractivity contribution >= 4 is 5.69 Å². The van der Waals surface area contributed by atoms with Gasteiger partial charge in [0.05, 0.1) is 17.4 Å². The molecule has 0 amide bonds. The zero-order chi connectivity index (χ0) is 11.8. The van der Waals surface area contributed by atoms with Crippen LogP contribution in [0.3, 0.4) is 0 Å². The Morgan fingerprint density at radius 1 is 1.31 bits per heavy atom. The van der Waals surface area contributed by atoms with Gasteiger partial charge in [-0.25, -0.2) is 0 Å². The summed E-state index contributed by atoms with van der Waals surface area (Å²) in [6, 6.07) is 3.96. The van der Waals surface area contributed by atoms with Crippen molar-refractivity contribution in [1.82, 2.24) is 0 Å². The Hall–Kier alpha value is -1.39. The van der Waals surface area contributed by atoms with Crippen molar-refractivity contribution in [3.63, 3.8) is 0 Å². The first-order valence-electron chi connectivity index (χ1n) is 5.07. The minimum absolute atomic E-state index is 0.0156. The highest BCUT2D eigenvalue weighted by atomic mass is 19.4. The summed E-state index contributed by atoms with van der Waals surface area (Å²) in [5, 5.41) is 2.56. The van der Waals surface area contributed by atoms with E-state index >= 15 is 0 Å². The van der Waals surface area contributed by atoms with Crippen LogP contribution in [0.15, 0.2) is 18.2 Å². The minimum Gasteiger partial charge on any atom is -0.488 e. The molecule has 0 aliphatic heterocycles. The maximum atomic E-state index is 12.7. The van der Waals surface area contributed by atoms with E-state index in [1.54, 1.807) is 6.07 Å². The zero-order valence-electron chi connectivity index (χ0n) is 8.77. The van der Waals surface area contributed by atoms with Gasteiger partial charge in [-0.1, -0.05) is 6.07 Å². The monoisotopic (exact) mass is 231 g/mol. The van der Waals surface area contributed by atoms with E-state index in [9.17, 15) is 13.2 Å². The first-order valence-corrected chi connectivity index (χ1v) is 5.07. The van der Waals surface area contributed by atoms with Gasteiger partial charge in [0.15, 0.2) is 0 Å². The second-order valence-corrected chi connectivity index (χ2v) is 3.74. The SMILES string of the molecule is CNc1c(OC2CC2)cccc1C(F)(F)F. The lowest BCUT2D eigenvalue weighted by molar-refractivity contribution is -0.137. The van der Waals surface area contributed by atoms with E-state index in [-0.39, 0.29) is 17.5 Å². The van der Waals surface area contributed by atoms with Crippen molar-refractivity contribution in [2.45, 2.75) is 25.1 Å². The molecule has 1 aromatic rings. The van der Waals surface area contributed by atoms with Gasteiger partial charge < -0.3 is 10.1 Å². The largest absolute Gasteiger partial charge is 0.488 e. The first-order chi connectivity index (χ1) is 7.52. The van der Waals surface area contributed by atoms with Crippen molar-refractivity contribution in [3.05, 3.63) is 23.8 Å².